The number of para-hydroxylation sites is 1. The summed E-state index contributed by atoms with van der Waals surface area (Å²) < 4.78 is 12.3. The number of unbranched alkanes of at least 4 members (excludes halogenated alkanes) is 1. The number of nitrogen functional groups attached to an aromatic ring is 1. The van der Waals surface area contributed by atoms with E-state index in [2.05, 4.69) is 4.98 Å². The van der Waals surface area contributed by atoms with Gasteiger partial charge >= 0.3 is 5.69 Å². The van der Waals surface area contributed by atoms with Gasteiger partial charge in [-0.3, -0.25) is 19.1 Å². The molecule has 0 radical (unpaired) electrons. The van der Waals surface area contributed by atoms with Crippen LogP contribution in [0.5, 0.6) is 0 Å². The molecule has 3 N–H and O–H groups in total. The van der Waals surface area contributed by atoms with Crippen molar-refractivity contribution < 1.29 is 13.9 Å². The number of hydrogen-bond acceptors (Lipinski definition) is 6. The molecule has 0 spiro atoms. The highest BCUT2D eigenvalue weighted by Gasteiger charge is 2.27. The van der Waals surface area contributed by atoms with E-state index in [1.165, 1.54) is 18.7 Å². The number of hydrogen-bond donors (Lipinski definition) is 2. The fraction of sp³-hybridized carbons (Fsp3) is 0.350. The largest absolute Gasteiger partial charge is 0.450 e. The number of methoxy groups -OCH3 is 1. The van der Waals surface area contributed by atoms with Gasteiger partial charge in [0.05, 0.1) is 6.61 Å². The second kappa shape index (κ2) is 8.36. The highest BCUT2D eigenvalue weighted by atomic mass is 16.5. The predicted octanol–water partition coefficient (Wildman–Crippen LogP) is 2.09. The summed E-state index contributed by atoms with van der Waals surface area (Å²) in [5.41, 5.74) is 5.78. The van der Waals surface area contributed by atoms with Crippen molar-refractivity contribution >= 4 is 28.4 Å². The molecule has 0 saturated carbocycles. The maximum Gasteiger partial charge on any atom is 0.330 e. The number of rotatable bonds is 7. The molecule has 29 heavy (non-hydrogen) atoms. The maximum atomic E-state index is 13.2. The van der Waals surface area contributed by atoms with Crippen LogP contribution in [0.4, 0.5) is 11.5 Å². The van der Waals surface area contributed by atoms with Crippen molar-refractivity contribution in [2.75, 3.05) is 24.8 Å². The molecule has 0 aliphatic carbocycles. The van der Waals surface area contributed by atoms with E-state index < -0.39 is 17.2 Å². The van der Waals surface area contributed by atoms with Gasteiger partial charge in [0.2, 0.25) is 0 Å². The third kappa shape index (κ3) is 3.68. The van der Waals surface area contributed by atoms with Crippen LogP contribution in [-0.4, -0.2) is 29.6 Å². The minimum absolute atomic E-state index is 0.0562. The number of carbonyl (C=O) groups excluding carboxylic acids is 1. The van der Waals surface area contributed by atoms with Crippen LogP contribution in [0.2, 0.25) is 0 Å². The van der Waals surface area contributed by atoms with E-state index in [9.17, 15) is 14.4 Å². The first-order valence-electron chi connectivity index (χ1n) is 9.30. The van der Waals surface area contributed by atoms with E-state index in [0.29, 0.717) is 24.1 Å². The Bertz CT molecular complexity index is 1160. The number of carbonyl (C=O) groups is 1. The number of fused-ring (bicyclic) bond motifs is 1. The third-order valence-corrected chi connectivity index (χ3v) is 4.77. The van der Waals surface area contributed by atoms with Gasteiger partial charge < -0.3 is 19.8 Å². The van der Waals surface area contributed by atoms with Crippen molar-refractivity contribution in [1.29, 1.82) is 0 Å². The van der Waals surface area contributed by atoms with Crippen LogP contribution in [0.1, 0.15) is 35.9 Å². The van der Waals surface area contributed by atoms with Gasteiger partial charge in [-0.1, -0.05) is 31.5 Å². The summed E-state index contributed by atoms with van der Waals surface area (Å²) in [5, 5.41) is 0.751. The molecule has 0 bridgehead atoms. The summed E-state index contributed by atoms with van der Waals surface area (Å²) >= 11 is 0. The Balaban J connectivity index is 2.10. The zero-order chi connectivity index (χ0) is 21.1. The van der Waals surface area contributed by atoms with E-state index in [4.69, 9.17) is 14.9 Å². The van der Waals surface area contributed by atoms with Crippen molar-refractivity contribution in [1.82, 2.24) is 9.55 Å². The molecule has 0 atom stereocenters. The van der Waals surface area contributed by atoms with Gasteiger partial charge in [0, 0.05) is 31.7 Å². The number of nitrogens with zero attached hydrogens (tertiary/aromatic N) is 2. The van der Waals surface area contributed by atoms with Crippen LogP contribution in [0, 0.1) is 0 Å². The first-order valence-corrected chi connectivity index (χ1v) is 9.30. The molecule has 3 aromatic rings. The van der Waals surface area contributed by atoms with Gasteiger partial charge in [0.1, 0.15) is 11.4 Å². The number of benzene rings is 1. The number of anilines is 2. The normalized spacial score (nSPS) is 11.1. The Morgan fingerprint density at radius 2 is 2.03 bits per heavy atom. The molecule has 2 heterocycles. The topological polar surface area (TPSA) is 124 Å². The molecule has 0 aliphatic rings. The fourth-order valence-corrected chi connectivity index (χ4v) is 3.25. The van der Waals surface area contributed by atoms with Gasteiger partial charge in [0.15, 0.2) is 11.4 Å². The molecule has 3 rings (SSSR count). The molecule has 9 nitrogen and oxygen atoms in total. The molecule has 154 valence electrons. The monoisotopic (exact) mass is 400 g/mol. The second-order valence-corrected chi connectivity index (χ2v) is 6.70. The van der Waals surface area contributed by atoms with Crippen molar-refractivity contribution in [3.8, 4) is 0 Å². The maximum absolute atomic E-state index is 13.2. The molecule has 2 aromatic heterocycles. The molecule has 9 heteroatoms. The quantitative estimate of drug-likeness (QED) is 0.626. The Morgan fingerprint density at radius 1 is 1.31 bits per heavy atom. The fourth-order valence-electron chi connectivity index (χ4n) is 3.25. The highest BCUT2D eigenvalue weighted by molar-refractivity contribution is 6.08. The average molecular weight is 400 g/mol. The smallest absolute Gasteiger partial charge is 0.330 e. The van der Waals surface area contributed by atoms with Gasteiger partial charge in [-0.2, -0.15) is 0 Å². The lowest BCUT2D eigenvalue weighted by Gasteiger charge is -2.20. The SMILES string of the molecule is CCCCn1c(N)c(N(C)C(=O)c2oc3ccccc3c2COC)c(=O)[nH]c1=O. The number of aromatic amines is 1. The van der Waals surface area contributed by atoms with E-state index >= 15 is 0 Å². The Hall–Kier alpha value is -3.33. The van der Waals surface area contributed by atoms with E-state index in [1.54, 1.807) is 12.1 Å². The average Bonchev–Trinajstić information content (AvgIpc) is 3.06. The molecule has 0 unspecified atom stereocenters. The van der Waals surface area contributed by atoms with Crippen LogP contribution < -0.4 is 21.9 Å². The number of nitrogens with two attached hydrogens (primary N) is 1. The summed E-state index contributed by atoms with van der Waals surface area (Å²) in [6.45, 7) is 2.47. The van der Waals surface area contributed by atoms with E-state index in [1.807, 2.05) is 19.1 Å². The van der Waals surface area contributed by atoms with Crippen molar-refractivity contribution in [3.05, 3.63) is 56.4 Å². The number of amides is 1. The number of H-pyrrole nitrogens is 1. The van der Waals surface area contributed by atoms with Crippen LogP contribution in [0.25, 0.3) is 11.0 Å². The summed E-state index contributed by atoms with van der Waals surface area (Å²) in [4.78, 5) is 41.1. The first-order chi connectivity index (χ1) is 13.9. The Labute approximate surface area is 166 Å². The molecule has 1 aromatic carbocycles. The highest BCUT2D eigenvalue weighted by Crippen LogP contribution is 2.28. The standard InChI is InChI=1S/C20H24N4O5/c1-4-5-10-24-17(21)15(18(25)22-20(24)27)23(2)19(26)16-13(11-28-3)12-8-6-7-9-14(12)29-16/h6-9H,4-5,10-11,21H2,1-3H3,(H,22,25,27). The predicted molar refractivity (Wildman–Crippen MR) is 110 cm³/mol. The lowest BCUT2D eigenvalue weighted by molar-refractivity contribution is 0.0961. The summed E-state index contributed by atoms with van der Waals surface area (Å²) in [7, 11) is 2.94. The van der Waals surface area contributed by atoms with Gasteiger partial charge in [0.25, 0.3) is 11.5 Å². The molecule has 1 amide bonds. The third-order valence-electron chi connectivity index (χ3n) is 4.77. The lowest BCUT2D eigenvalue weighted by atomic mass is 10.1. The molecular formula is C20H24N4O5. The summed E-state index contributed by atoms with van der Waals surface area (Å²) in [6.07, 6.45) is 1.54. The Kier molecular flexibility index (Phi) is 5.88. The van der Waals surface area contributed by atoms with Gasteiger partial charge in [-0.25, -0.2) is 4.79 Å². The Morgan fingerprint density at radius 3 is 2.72 bits per heavy atom. The van der Waals surface area contributed by atoms with Crippen molar-refractivity contribution in [2.24, 2.45) is 0 Å². The van der Waals surface area contributed by atoms with Gasteiger partial charge in [-0.05, 0) is 12.5 Å². The van der Waals surface area contributed by atoms with Crippen molar-refractivity contribution in [3.63, 3.8) is 0 Å². The van der Waals surface area contributed by atoms with Crippen LogP contribution in [0.3, 0.4) is 0 Å². The lowest BCUT2D eigenvalue weighted by Crippen LogP contribution is -2.39. The molecular weight excluding hydrogens is 376 g/mol. The summed E-state index contributed by atoms with van der Waals surface area (Å²) in [6, 6.07) is 7.21. The number of nitrogens with one attached hydrogen (secondary N) is 1. The van der Waals surface area contributed by atoms with Crippen LogP contribution >= 0.6 is 0 Å². The molecule has 0 aliphatic heterocycles. The summed E-state index contributed by atoms with van der Waals surface area (Å²) in [5.74, 6) is -0.570. The second-order valence-electron chi connectivity index (χ2n) is 6.70. The zero-order valence-electron chi connectivity index (χ0n) is 16.7. The molecule has 0 saturated heterocycles. The van der Waals surface area contributed by atoms with Gasteiger partial charge in [-0.15, -0.1) is 0 Å². The molecule has 0 fully saturated rings. The number of ether oxygens (including phenoxy) is 1. The minimum Gasteiger partial charge on any atom is -0.450 e. The van der Waals surface area contributed by atoms with Crippen molar-refractivity contribution in [2.45, 2.75) is 32.9 Å². The minimum atomic E-state index is -0.736. The van der Waals surface area contributed by atoms with E-state index in [0.717, 1.165) is 16.7 Å². The van der Waals surface area contributed by atoms with Crippen LogP contribution in [0.15, 0.2) is 38.3 Å². The van der Waals surface area contributed by atoms with Crippen LogP contribution in [-0.2, 0) is 17.9 Å². The number of aromatic nitrogens is 2. The van der Waals surface area contributed by atoms with E-state index in [-0.39, 0.29) is 23.9 Å². The number of furan rings is 1. The first kappa shape index (κ1) is 20.4. The zero-order valence-corrected chi connectivity index (χ0v) is 16.7.